The zero-order valence-corrected chi connectivity index (χ0v) is 14.1. The zero-order valence-electron chi connectivity index (χ0n) is 14.1. The molecule has 0 saturated carbocycles. The summed E-state index contributed by atoms with van der Waals surface area (Å²) in [6, 6.07) is 5.50. The van der Waals surface area contributed by atoms with E-state index in [1.165, 1.54) is 0 Å². The molecule has 0 radical (unpaired) electrons. The molecule has 0 aliphatic heterocycles. The van der Waals surface area contributed by atoms with Crippen LogP contribution in [-0.2, 0) is 6.54 Å². The Hall–Kier alpha value is -2.12. The molecule has 1 aromatic heterocycles. The van der Waals surface area contributed by atoms with E-state index in [2.05, 4.69) is 34.5 Å². The van der Waals surface area contributed by atoms with Gasteiger partial charge in [0.1, 0.15) is 0 Å². The fourth-order valence-corrected chi connectivity index (χ4v) is 2.13. The van der Waals surface area contributed by atoms with Crippen LogP contribution in [-0.4, -0.2) is 56.5 Å². The molecule has 0 atom stereocenters. The first-order chi connectivity index (χ1) is 11.1. The lowest BCUT2D eigenvalue weighted by Crippen LogP contribution is -2.21. The molecule has 0 spiro atoms. The van der Waals surface area contributed by atoms with Crippen molar-refractivity contribution >= 4 is 0 Å². The molecule has 23 heavy (non-hydrogen) atoms. The van der Waals surface area contributed by atoms with Gasteiger partial charge in [0.2, 0.25) is 11.8 Å². The second-order valence-electron chi connectivity index (χ2n) is 5.40. The maximum Gasteiger partial charge on any atom is 0.247 e. The van der Waals surface area contributed by atoms with Crippen LogP contribution in [0.5, 0.6) is 11.5 Å². The largest absolute Gasteiger partial charge is 0.493 e. The Morgan fingerprint density at radius 1 is 1.13 bits per heavy atom. The molecule has 1 heterocycles. The second-order valence-corrected chi connectivity index (χ2v) is 5.40. The van der Waals surface area contributed by atoms with Crippen LogP contribution in [0.1, 0.15) is 12.3 Å². The third-order valence-corrected chi connectivity index (χ3v) is 3.33. The number of nitrogens with one attached hydrogen (secondary N) is 1. The summed E-state index contributed by atoms with van der Waals surface area (Å²) < 4.78 is 16.2. The molecule has 0 aliphatic rings. The molecule has 0 amide bonds. The highest BCUT2D eigenvalue weighted by Gasteiger charge is 2.12. The van der Waals surface area contributed by atoms with Crippen LogP contribution in [0.2, 0.25) is 0 Å². The Bertz CT molecular complexity index is 613. The van der Waals surface area contributed by atoms with Crippen LogP contribution in [0, 0.1) is 0 Å². The van der Waals surface area contributed by atoms with E-state index in [4.69, 9.17) is 13.9 Å². The molecule has 0 saturated heterocycles. The third kappa shape index (κ3) is 4.94. The lowest BCUT2D eigenvalue weighted by molar-refractivity contribution is 0.355. The second kappa shape index (κ2) is 8.50. The first-order valence-electron chi connectivity index (χ1n) is 7.54. The van der Waals surface area contributed by atoms with E-state index in [0.29, 0.717) is 29.8 Å². The standard InChI is InChI=1S/C16H24N4O3/c1-20(2)9-5-8-17-11-15-18-19-16(23-15)12-6-7-13(21-3)14(10-12)22-4/h6-7,10,17H,5,8-9,11H2,1-4H3. The molecule has 2 rings (SSSR count). The smallest absolute Gasteiger partial charge is 0.247 e. The summed E-state index contributed by atoms with van der Waals surface area (Å²) in [4.78, 5) is 2.16. The van der Waals surface area contributed by atoms with Crippen LogP contribution in [0.15, 0.2) is 22.6 Å². The first kappa shape index (κ1) is 17.2. The maximum absolute atomic E-state index is 5.68. The normalized spacial score (nSPS) is 11.0. The van der Waals surface area contributed by atoms with Gasteiger partial charge in [0.25, 0.3) is 0 Å². The molecule has 0 fully saturated rings. The van der Waals surface area contributed by atoms with Crippen molar-refractivity contribution in [3.05, 3.63) is 24.1 Å². The minimum absolute atomic E-state index is 0.469. The minimum atomic E-state index is 0.469. The number of benzene rings is 1. The average Bonchev–Trinajstić information content (AvgIpc) is 3.02. The van der Waals surface area contributed by atoms with Crippen molar-refractivity contribution in [2.45, 2.75) is 13.0 Å². The van der Waals surface area contributed by atoms with Crippen molar-refractivity contribution in [2.24, 2.45) is 0 Å². The summed E-state index contributed by atoms with van der Waals surface area (Å²) in [6.07, 6.45) is 1.07. The van der Waals surface area contributed by atoms with Crippen molar-refractivity contribution in [1.29, 1.82) is 0 Å². The van der Waals surface area contributed by atoms with Gasteiger partial charge in [-0.15, -0.1) is 10.2 Å². The first-order valence-corrected chi connectivity index (χ1v) is 7.54. The van der Waals surface area contributed by atoms with Crippen molar-refractivity contribution in [3.8, 4) is 23.0 Å². The van der Waals surface area contributed by atoms with Crippen LogP contribution < -0.4 is 14.8 Å². The van der Waals surface area contributed by atoms with Crippen LogP contribution in [0.4, 0.5) is 0 Å². The van der Waals surface area contributed by atoms with E-state index in [1.54, 1.807) is 14.2 Å². The number of methoxy groups -OCH3 is 2. The van der Waals surface area contributed by atoms with E-state index in [9.17, 15) is 0 Å². The van der Waals surface area contributed by atoms with Crippen molar-refractivity contribution in [2.75, 3.05) is 41.4 Å². The summed E-state index contributed by atoms with van der Waals surface area (Å²) in [7, 11) is 7.32. The number of hydrogen-bond acceptors (Lipinski definition) is 7. The quantitative estimate of drug-likeness (QED) is 0.706. The molecule has 126 valence electrons. The fourth-order valence-electron chi connectivity index (χ4n) is 2.13. The molecule has 7 nitrogen and oxygen atoms in total. The maximum atomic E-state index is 5.68. The van der Waals surface area contributed by atoms with Gasteiger partial charge in [-0.3, -0.25) is 0 Å². The van der Waals surface area contributed by atoms with Gasteiger partial charge in [-0.1, -0.05) is 0 Å². The Kier molecular flexibility index (Phi) is 6.37. The third-order valence-electron chi connectivity index (χ3n) is 3.33. The van der Waals surface area contributed by atoms with Gasteiger partial charge in [0.05, 0.1) is 20.8 Å². The van der Waals surface area contributed by atoms with Crippen molar-refractivity contribution in [3.63, 3.8) is 0 Å². The van der Waals surface area contributed by atoms with Gasteiger partial charge in [-0.25, -0.2) is 0 Å². The van der Waals surface area contributed by atoms with E-state index in [1.807, 2.05) is 18.2 Å². The van der Waals surface area contributed by atoms with E-state index in [0.717, 1.165) is 25.1 Å². The molecular formula is C16H24N4O3. The molecular weight excluding hydrogens is 296 g/mol. The number of ether oxygens (including phenoxy) is 2. The monoisotopic (exact) mass is 320 g/mol. The summed E-state index contributed by atoms with van der Waals surface area (Å²) in [6.45, 7) is 2.52. The number of hydrogen-bond donors (Lipinski definition) is 1. The number of rotatable bonds is 9. The van der Waals surface area contributed by atoms with Crippen LogP contribution in [0.25, 0.3) is 11.5 Å². The van der Waals surface area contributed by atoms with Gasteiger partial charge in [-0.2, -0.15) is 0 Å². The molecule has 0 bridgehead atoms. The van der Waals surface area contributed by atoms with Gasteiger partial charge in [-0.05, 0) is 51.8 Å². The van der Waals surface area contributed by atoms with Gasteiger partial charge >= 0.3 is 0 Å². The highest BCUT2D eigenvalue weighted by atomic mass is 16.5. The Morgan fingerprint density at radius 2 is 1.91 bits per heavy atom. The van der Waals surface area contributed by atoms with Gasteiger partial charge in [0, 0.05) is 5.56 Å². The zero-order chi connectivity index (χ0) is 16.7. The molecule has 1 aromatic carbocycles. The predicted molar refractivity (Wildman–Crippen MR) is 87.7 cm³/mol. The number of aromatic nitrogens is 2. The van der Waals surface area contributed by atoms with E-state index < -0.39 is 0 Å². The molecule has 0 unspecified atom stereocenters. The topological polar surface area (TPSA) is 72.7 Å². The number of nitrogens with zero attached hydrogens (tertiary/aromatic N) is 3. The van der Waals surface area contributed by atoms with Crippen LogP contribution in [0.3, 0.4) is 0 Å². The van der Waals surface area contributed by atoms with E-state index in [-0.39, 0.29) is 0 Å². The lowest BCUT2D eigenvalue weighted by Gasteiger charge is -2.08. The van der Waals surface area contributed by atoms with Gasteiger partial charge < -0.3 is 24.1 Å². The SMILES string of the molecule is COc1ccc(-c2nnc(CNCCCN(C)C)o2)cc1OC. The summed E-state index contributed by atoms with van der Waals surface area (Å²) in [5, 5.41) is 11.4. The summed E-state index contributed by atoms with van der Waals surface area (Å²) in [5.74, 6) is 2.33. The highest BCUT2D eigenvalue weighted by molar-refractivity contribution is 5.59. The Morgan fingerprint density at radius 3 is 2.61 bits per heavy atom. The van der Waals surface area contributed by atoms with Crippen molar-refractivity contribution < 1.29 is 13.9 Å². The van der Waals surface area contributed by atoms with Crippen LogP contribution >= 0.6 is 0 Å². The molecule has 2 aromatic rings. The highest BCUT2D eigenvalue weighted by Crippen LogP contribution is 2.31. The lowest BCUT2D eigenvalue weighted by atomic mass is 10.2. The molecule has 0 aliphatic carbocycles. The predicted octanol–water partition coefficient (Wildman–Crippen LogP) is 1.80. The minimum Gasteiger partial charge on any atom is -0.493 e. The fraction of sp³-hybridized carbons (Fsp3) is 0.500. The summed E-state index contributed by atoms with van der Waals surface area (Å²) in [5.41, 5.74) is 0.800. The average molecular weight is 320 g/mol. The summed E-state index contributed by atoms with van der Waals surface area (Å²) >= 11 is 0. The molecule has 7 heteroatoms. The van der Waals surface area contributed by atoms with E-state index >= 15 is 0 Å². The Labute approximate surface area is 136 Å². The van der Waals surface area contributed by atoms with Gasteiger partial charge in [0.15, 0.2) is 11.5 Å². The molecule has 1 N–H and O–H groups in total. The van der Waals surface area contributed by atoms with Crippen molar-refractivity contribution in [1.82, 2.24) is 20.4 Å². The Balaban J connectivity index is 1.94.